The molecule has 5 heteroatoms. The Morgan fingerprint density at radius 3 is 2.50 bits per heavy atom. The smallest absolute Gasteiger partial charge is 0.315 e. The first-order valence-electron chi connectivity index (χ1n) is 7.07. The van der Waals surface area contributed by atoms with Crippen molar-refractivity contribution in [2.24, 2.45) is 0 Å². The molecule has 2 amide bonds. The molecule has 0 heterocycles. The van der Waals surface area contributed by atoms with Crippen molar-refractivity contribution in [1.82, 2.24) is 10.6 Å². The van der Waals surface area contributed by atoms with Crippen LogP contribution in [-0.4, -0.2) is 19.7 Å². The first kappa shape index (κ1) is 16.2. The highest BCUT2D eigenvalue weighted by molar-refractivity contribution is 6.31. The molecule has 116 valence electrons. The predicted octanol–water partition coefficient (Wildman–Crippen LogP) is 3.39. The molecule has 2 aromatic carbocycles. The zero-order chi connectivity index (χ0) is 15.8. The Balaban J connectivity index is 1.70. The van der Waals surface area contributed by atoms with Crippen molar-refractivity contribution < 1.29 is 9.53 Å². The highest BCUT2D eigenvalue weighted by Crippen LogP contribution is 2.14. The van der Waals surface area contributed by atoms with Gasteiger partial charge in [0.15, 0.2) is 0 Å². The van der Waals surface area contributed by atoms with Crippen LogP contribution in [0, 0.1) is 0 Å². The lowest BCUT2D eigenvalue weighted by molar-refractivity contribution is 0.240. The van der Waals surface area contributed by atoms with Gasteiger partial charge >= 0.3 is 6.03 Å². The minimum absolute atomic E-state index is 0.201. The minimum Gasteiger partial charge on any atom is -0.497 e. The van der Waals surface area contributed by atoms with Gasteiger partial charge in [-0.05, 0) is 35.7 Å². The van der Waals surface area contributed by atoms with E-state index in [1.165, 1.54) is 0 Å². The molecule has 0 saturated heterocycles. The first-order valence-corrected chi connectivity index (χ1v) is 7.45. The number of benzene rings is 2. The van der Waals surface area contributed by atoms with Gasteiger partial charge in [-0.2, -0.15) is 0 Å². The highest BCUT2D eigenvalue weighted by atomic mass is 35.5. The van der Waals surface area contributed by atoms with E-state index in [4.69, 9.17) is 16.3 Å². The molecule has 0 aliphatic rings. The van der Waals surface area contributed by atoms with E-state index in [1.807, 2.05) is 42.5 Å². The molecule has 0 bridgehead atoms. The summed E-state index contributed by atoms with van der Waals surface area (Å²) in [4.78, 5) is 11.7. The second-order valence-corrected chi connectivity index (χ2v) is 5.21. The molecule has 0 aromatic heterocycles. The van der Waals surface area contributed by atoms with E-state index in [-0.39, 0.29) is 6.03 Å². The molecule has 0 fully saturated rings. The van der Waals surface area contributed by atoms with E-state index in [1.54, 1.807) is 13.2 Å². The van der Waals surface area contributed by atoms with Crippen LogP contribution >= 0.6 is 11.6 Å². The predicted molar refractivity (Wildman–Crippen MR) is 88.4 cm³/mol. The zero-order valence-electron chi connectivity index (χ0n) is 12.4. The summed E-state index contributed by atoms with van der Waals surface area (Å²) >= 11 is 6.03. The van der Waals surface area contributed by atoms with Gasteiger partial charge in [-0.3, -0.25) is 0 Å². The van der Waals surface area contributed by atoms with Gasteiger partial charge in [0.1, 0.15) is 5.75 Å². The van der Waals surface area contributed by atoms with Crippen LogP contribution in [0.2, 0.25) is 5.02 Å². The van der Waals surface area contributed by atoms with Crippen molar-refractivity contribution in [2.45, 2.75) is 13.0 Å². The number of urea groups is 1. The average Bonchev–Trinajstić information content (AvgIpc) is 2.55. The van der Waals surface area contributed by atoms with Gasteiger partial charge in [0, 0.05) is 18.1 Å². The summed E-state index contributed by atoms with van der Waals surface area (Å²) in [5.41, 5.74) is 2.04. The Morgan fingerprint density at radius 1 is 1.09 bits per heavy atom. The summed E-state index contributed by atoms with van der Waals surface area (Å²) in [6.07, 6.45) is 0.767. The summed E-state index contributed by atoms with van der Waals surface area (Å²) in [5.74, 6) is 0.828. The minimum atomic E-state index is -0.201. The van der Waals surface area contributed by atoms with Crippen LogP contribution in [0.25, 0.3) is 0 Å². The highest BCUT2D eigenvalue weighted by Gasteiger charge is 2.03. The number of halogens is 1. The Morgan fingerprint density at radius 2 is 1.82 bits per heavy atom. The quantitative estimate of drug-likeness (QED) is 0.857. The molecule has 0 radical (unpaired) electrons. The summed E-state index contributed by atoms with van der Waals surface area (Å²) in [6, 6.07) is 15.0. The third kappa shape index (κ3) is 4.97. The largest absolute Gasteiger partial charge is 0.497 e. The Labute approximate surface area is 135 Å². The Bertz CT molecular complexity index is 614. The number of ether oxygens (including phenoxy) is 1. The van der Waals surface area contributed by atoms with Gasteiger partial charge in [-0.25, -0.2) is 4.79 Å². The number of rotatable bonds is 6. The van der Waals surface area contributed by atoms with Gasteiger partial charge in [-0.1, -0.05) is 41.9 Å². The molecular formula is C17H19ClN2O2. The van der Waals surface area contributed by atoms with Crippen molar-refractivity contribution in [3.8, 4) is 5.75 Å². The van der Waals surface area contributed by atoms with E-state index >= 15 is 0 Å². The molecule has 2 N–H and O–H groups in total. The molecule has 2 rings (SSSR count). The standard InChI is InChI=1S/C17H19ClN2O2/c1-22-15-8-6-13(7-9-15)10-11-19-17(21)20-12-14-4-2-3-5-16(14)18/h2-9H,10-12H2,1H3,(H2,19,20,21). The van der Waals surface area contributed by atoms with E-state index in [0.717, 1.165) is 23.3 Å². The molecule has 0 aliphatic heterocycles. The monoisotopic (exact) mass is 318 g/mol. The van der Waals surface area contributed by atoms with Crippen molar-refractivity contribution in [3.05, 3.63) is 64.7 Å². The average molecular weight is 319 g/mol. The van der Waals surface area contributed by atoms with Crippen LogP contribution in [0.5, 0.6) is 5.75 Å². The fraction of sp³-hybridized carbons (Fsp3) is 0.235. The fourth-order valence-electron chi connectivity index (χ4n) is 1.99. The first-order chi connectivity index (χ1) is 10.7. The second-order valence-electron chi connectivity index (χ2n) is 4.80. The number of carbonyl (C=O) groups is 1. The van der Waals surface area contributed by atoms with Gasteiger partial charge in [0.05, 0.1) is 7.11 Å². The van der Waals surface area contributed by atoms with Crippen LogP contribution < -0.4 is 15.4 Å². The number of hydrogen-bond donors (Lipinski definition) is 2. The molecule has 4 nitrogen and oxygen atoms in total. The third-order valence-corrected chi connectivity index (χ3v) is 3.62. The molecule has 0 aliphatic carbocycles. The maximum atomic E-state index is 11.7. The Hall–Kier alpha value is -2.20. The van der Waals surface area contributed by atoms with Crippen molar-refractivity contribution in [2.75, 3.05) is 13.7 Å². The molecule has 0 atom stereocenters. The van der Waals surface area contributed by atoms with Gasteiger partial charge in [-0.15, -0.1) is 0 Å². The summed E-state index contributed by atoms with van der Waals surface area (Å²) in [5, 5.41) is 6.27. The lowest BCUT2D eigenvalue weighted by atomic mass is 10.1. The lowest BCUT2D eigenvalue weighted by Gasteiger charge is -2.09. The fourth-order valence-corrected chi connectivity index (χ4v) is 2.19. The van der Waals surface area contributed by atoms with E-state index in [0.29, 0.717) is 18.1 Å². The van der Waals surface area contributed by atoms with E-state index < -0.39 is 0 Å². The zero-order valence-corrected chi connectivity index (χ0v) is 13.2. The van der Waals surface area contributed by atoms with E-state index in [9.17, 15) is 4.79 Å². The van der Waals surface area contributed by atoms with Gasteiger partial charge < -0.3 is 15.4 Å². The van der Waals surface area contributed by atoms with Crippen LogP contribution in [0.1, 0.15) is 11.1 Å². The number of hydrogen-bond acceptors (Lipinski definition) is 2. The number of nitrogens with one attached hydrogen (secondary N) is 2. The van der Waals surface area contributed by atoms with Crippen LogP contribution in [0.4, 0.5) is 4.79 Å². The summed E-state index contributed by atoms with van der Waals surface area (Å²) in [7, 11) is 1.64. The summed E-state index contributed by atoms with van der Waals surface area (Å²) in [6.45, 7) is 0.981. The normalized spacial score (nSPS) is 10.1. The molecule has 0 saturated carbocycles. The third-order valence-electron chi connectivity index (χ3n) is 3.26. The second kappa shape index (κ2) is 8.29. The van der Waals surface area contributed by atoms with Gasteiger partial charge in [0.25, 0.3) is 0 Å². The SMILES string of the molecule is COc1ccc(CCNC(=O)NCc2ccccc2Cl)cc1. The van der Waals surface area contributed by atoms with Crippen molar-refractivity contribution in [3.63, 3.8) is 0 Å². The van der Waals surface area contributed by atoms with Crippen LogP contribution in [0.3, 0.4) is 0 Å². The summed E-state index contributed by atoms with van der Waals surface area (Å²) < 4.78 is 5.10. The lowest BCUT2D eigenvalue weighted by Crippen LogP contribution is -2.36. The van der Waals surface area contributed by atoms with Crippen LogP contribution in [-0.2, 0) is 13.0 Å². The Kier molecular flexibility index (Phi) is 6.10. The number of methoxy groups -OCH3 is 1. The molecular weight excluding hydrogens is 300 g/mol. The van der Waals surface area contributed by atoms with Crippen molar-refractivity contribution in [1.29, 1.82) is 0 Å². The van der Waals surface area contributed by atoms with E-state index in [2.05, 4.69) is 10.6 Å². The molecule has 0 unspecified atom stereocenters. The van der Waals surface area contributed by atoms with Crippen molar-refractivity contribution >= 4 is 17.6 Å². The maximum Gasteiger partial charge on any atom is 0.315 e. The van der Waals surface area contributed by atoms with Gasteiger partial charge in [0.2, 0.25) is 0 Å². The molecule has 2 aromatic rings. The topological polar surface area (TPSA) is 50.4 Å². The molecule has 22 heavy (non-hydrogen) atoms. The van der Waals surface area contributed by atoms with Crippen LogP contribution in [0.15, 0.2) is 48.5 Å². The number of amides is 2. The molecule has 0 spiro atoms. The number of carbonyl (C=O) groups excluding carboxylic acids is 1. The maximum absolute atomic E-state index is 11.7.